The largest absolute Gasteiger partial charge is 0.496 e. The van der Waals surface area contributed by atoms with Gasteiger partial charge in [0.05, 0.1) is 18.2 Å². The number of allylic oxidation sites excluding steroid dienone is 4. The normalized spacial score (nSPS) is 25.0. The summed E-state index contributed by atoms with van der Waals surface area (Å²) < 4.78 is 5.42. The quantitative estimate of drug-likeness (QED) is 0.133. The first kappa shape index (κ1) is 40.5. The van der Waals surface area contributed by atoms with Crippen molar-refractivity contribution in [3.05, 3.63) is 95.5 Å². The van der Waals surface area contributed by atoms with Crippen molar-refractivity contribution >= 4 is 17.4 Å². The first-order chi connectivity index (χ1) is 22.4. The zero-order valence-electron chi connectivity index (χ0n) is 30.7. The average molecular weight is 665 g/mol. The highest BCUT2D eigenvalue weighted by atomic mass is 35.5. The fourth-order valence-electron chi connectivity index (χ4n) is 6.82. The molecule has 262 valence electrons. The van der Waals surface area contributed by atoms with Crippen molar-refractivity contribution in [1.29, 1.82) is 0 Å². The molecule has 7 atom stereocenters. The van der Waals surface area contributed by atoms with Gasteiger partial charge in [-0.25, -0.2) is 0 Å². The number of unbranched alkanes of at least 4 members (excludes halogenated alkanes) is 1. The van der Waals surface area contributed by atoms with Gasteiger partial charge in [0.25, 0.3) is 0 Å². The molecule has 2 rings (SSSR count). The Hall–Kier alpha value is -2.72. The van der Waals surface area contributed by atoms with Gasteiger partial charge in [0.1, 0.15) is 11.5 Å². The minimum absolute atomic E-state index is 0.0114. The average Bonchev–Trinajstić information content (AvgIpc) is 3.04. The van der Waals surface area contributed by atoms with Gasteiger partial charge in [-0.2, -0.15) is 0 Å². The van der Waals surface area contributed by atoms with Crippen LogP contribution >= 0.6 is 11.6 Å². The Morgan fingerprint density at radius 2 is 1.83 bits per heavy atom. The molecule has 4 nitrogen and oxygen atoms in total. The number of ketones is 1. The topological polar surface area (TPSA) is 50.4 Å². The third-order valence-corrected chi connectivity index (χ3v) is 10.6. The van der Waals surface area contributed by atoms with Crippen LogP contribution in [0, 0.1) is 35.5 Å². The predicted octanol–water partition coefficient (Wildman–Crippen LogP) is 10.9. The highest BCUT2D eigenvalue weighted by Crippen LogP contribution is 2.34. The Morgan fingerprint density at radius 1 is 1.13 bits per heavy atom. The fourth-order valence-corrected chi connectivity index (χ4v) is 7.22. The summed E-state index contributed by atoms with van der Waals surface area (Å²) in [5.41, 5.74) is 4.45. The van der Waals surface area contributed by atoms with E-state index in [2.05, 4.69) is 101 Å². The molecule has 0 saturated carbocycles. The van der Waals surface area contributed by atoms with Gasteiger partial charge in [-0.05, 0) is 93.1 Å². The van der Waals surface area contributed by atoms with Crippen LogP contribution in [0.3, 0.4) is 0 Å². The van der Waals surface area contributed by atoms with Crippen LogP contribution in [0.2, 0.25) is 0 Å². The SMILES string of the molecule is C=C1CCC[C@@H](C(C)C(C)Cc2ccccc2)CC(=O)C(CCCC)CC(=C)C(C)CNC(=C)[C@@H](C[C@@H](C)/C=C(Cl)\C(=C/C)OC)N1. The number of benzene rings is 1. The molecule has 0 aromatic heterocycles. The summed E-state index contributed by atoms with van der Waals surface area (Å²) in [7, 11) is 1.64. The number of hydrogen-bond acceptors (Lipinski definition) is 4. The Bertz CT molecular complexity index is 1200. The molecule has 47 heavy (non-hydrogen) atoms. The maximum atomic E-state index is 14.1. The molecule has 2 N–H and O–H groups in total. The lowest BCUT2D eigenvalue weighted by atomic mass is 9.74. The molecule has 0 radical (unpaired) electrons. The Labute approximate surface area is 293 Å². The molecule has 1 fully saturated rings. The summed E-state index contributed by atoms with van der Waals surface area (Å²) in [6.45, 7) is 27.4. The number of hydrogen-bond donors (Lipinski definition) is 2. The molecule has 0 aliphatic carbocycles. The molecule has 1 aromatic rings. The molecule has 0 bridgehead atoms. The molecular weight excluding hydrogens is 600 g/mol. The van der Waals surface area contributed by atoms with Crippen LogP contribution in [0.4, 0.5) is 0 Å². The van der Waals surface area contributed by atoms with Crippen molar-refractivity contribution < 1.29 is 9.53 Å². The number of carbonyl (C=O) groups is 1. The summed E-state index contributed by atoms with van der Waals surface area (Å²) in [5.74, 6) is 2.77. The smallest absolute Gasteiger partial charge is 0.136 e. The van der Waals surface area contributed by atoms with Crippen LogP contribution in [-0.2, 0) is 16.0 Å². The Kier molecular flexibility index (Phi) is 18.3. The number of methoxy groups -OCH3 is 1. The van der Waals surface area contributed by atoms with Gasteiger partial charge in [0.15, 0.2) is 0 Å². The van der Waals surface area contributed by atoms with Gasteiger partial charge in [-0.15, -0.1) is 0 Å². The third-order valence-electron chi connectivity index (χ3n) is 10.3. The first-order valence-electron chi connectivity index (χ1n) is 18.1. The minimum Gasteiger partial charge on any atom is -0.496 e. The summed E-state index contributed by atoms with van der Waals surface area (Å²) in [4.78, 5) is 14.1. The zero-order chi connectivity index (χ0) is 34.9. The standard InChI is InChI=1S/C42H65ClN2O2/c1-11-13-21-38-26-30(4)32(6)28-44-35(9)40(24-29(3)23-39(43)42(12-2)47-10)45-33(7)18-17-22-37(27-41(38)46)34(8)31(5)25-36-19-15-14-16-20-36/h12,14-16,19-20,23,29,31-32,34,37-38,40,44-45H,4,7,9,11,13,17-18,21-22,24-28H2,1-3,5-6,8,10H3/b39-23+,42-12+/t29-,31?,32?,34?,37+,38?,40+/m0/s1. The second kappa shape index (κ2) is 21.3. The van der Waals surface area contributed by atoms with Crippen LogP contribution < -0.4 is 10.6 Å². The van der Waals surface area contributed by atoms with Crippen LogP contribution in [0.15, 0.2) is 90.0 Å². The van der Waals surface area contributed by atoms with Gasteiger partial charge in [0, 0.05) is 30.3 Å². The van der Waals surface area contributed by atoms with Gasteiger partial charge in [0.2, 0.25) is 0 Å². The highest BCUT2D eigenvalue weighted by molar-refractivity contribution is 6.31. The van der Waals surface area contributed by atoms with E-state index in [4.69, 9.17) is 16.3 Å². The van der Waals surface area contributed by atoms with E-state index in [0.29, 0.717) is 40.7 Å². The Morgan fingerprint density at radius 3 is 2.47 bits per heavy atom. The molecule has 4 unspecified atom stereocenters. The molecule has 1 saturated heterocycles. The van der Waals surface area contributed by atoms with Crippen molar-refractivity contribution in [3.8, 4) is 0 Å². The van der Waals surface area contributed by atoms with Crippen molar-refractivity contribution in [1.82, 2.24) is 10.6 Å². The van der Waals surface area contributed by atoms with Gasteiger partial charge >= 0.3 is 0 Å². The molecule has 1 aromatic carbocycles. The second-order valence-corrected chi connectivity index (χ2v) is 14.6. The van der Waals surface area contributed by atoms with Crippen LogP contribution in [0.1, 0.15) is 105 Å². The maximum Gasteiger partial charge on any atom is 0.136 e. The van der Waals surface area contributed by atoms with E-state index in [0.717, 1.165) is 81.3 Å². The van der Waals surface area contributed by atoms with E-state index < -0.39 is 0 Å². The molecule has 1 aliphatic heterocycles. The van der Waals surface area contributed by atoms with Gasteiger partial charge in [-0.3, -0.25) is 4.79 Å². The van der Waals surface area contributed by atoms with Crippen LogP contribution in [-0.4, -0.2) is 25.5 Å². The lowest BCUT2D eigenvalue weighted by molar-refractivity contribution is -0.124. The monoisotopic (exact) mass is 664 g/mol. The number of ether oxygens (including phenoxy) is 1. The molecule has 1 heterocycles. The molecule has 0 amide bonds. The van der Waals surface area contributed by atoms with Crippen molar-refractivity contribution in [2.75, 3.05) is 13.7 Å². The second-order valence-electron chi connectivity index (χ2n) is 14.2. The number of halogens is 1. The highest BCUT2D eigenvalue weighted by Gasteiger charge is 2.29. The van der Waals surface area contributed by atoms with Crippen molar-refractivity contribution in [2.45, 2.75) is 112 Å². The molecular formula is C42H65ClN2O2. The molecule has 5 heteroatoms. The van der Waals surface area contributed by atoms with Gasteiger partial charge < -0.3 is 15.4 Å². The van der Waals surface area contributed by atoms with Crippen LogP contribution in [0.5, 0.6) is 0 Å². The predicted molar refractivity (Wildman–Crippen MR) is 203 cm³/mol. The first-order valence-corrected chi connectivity index (χ1v) is 18.5. The van der Waals surface area contributed by atoms with E-state index in [1.54, 1.807) is 7.11 Å². The van der Waals surface area contributed by atoms with E-state index in [1.165, 1.54) is 5.56 Å². The summed E-state index contributed by atoms with van der Waals surface area (Å²) in [6, 6.07) is 10.7. The maximum absolute atomic E-state index is 14.1. The van der Waals surface area contributed by atoms with Gasteiger partial charge in [-0.1, -0.05) is 121 Å². The lowest BCUT2D eigenvalue weighted by Crippen LogP contribution is -2.38. The fraction of sp³-hybridized carbons (Fsp3) is 0.595. The summed E-state index contributed by atoms with van der Waals surface area (Å²) in [5, 5.41) is 7.94. The Balaban J connectivity index is 2.32. The van der Waals surface area contributed by atoms with E-state index >= 15 is 0 Å². The lowest BCUT2D eigenvalue weighted by Gasteiger charge is -2.32. The van der Waals surface area contributed by atoms with Crippen LogP contribution in [0.25, 0.3) is 0 Å². The number of carbonyl (C=O) groups excluding carboxylic acids is 1. The zero-order valence-corrected chi connectivity index (χ0v) is 31.4. The number of Topliss-reactive ketones (excluding diaryl/α,β-unsaturated/α-hetero) is 1. The summed E-state index contributed by atoms with van der Waals surface area (Å²) >= 11 is 6.59. The van der Waals surface area contributed by atoms with E-state index in [9.17, 15) is 4.79 Å². The van der Waals surface area contributed by atoms with Crippen molar-refractivity contribution in [3.63, 3.8) is 0 Å². The molecule has 1 aliphatic rings. The van der Waals surface area contributed by atoms with E-state index in [-0.39, 0.29) is 23.8 Å². The minimum atomic E-state index is -0.0114. The molecule has 0 spiro atoms. The van der Waals surface area contributed by atoms with Crippen molar-refractivity contribution in [2.24, 2.45) is 35.5 Å². The number of nitrogens with one attached hydrogen (secondary N) is 2. The summed E-state index contributed by atoms with van der Waals surface area (Å²) in [6.07, 6.45) is 13.1. The van der Waals surface area contributed by atoms with E-state index in [1.807, 2.05) is 13.0 Å². The third kappa shape index (κ3) is 14.1. The number of rotatable bonds is 12.